The van der Waals surface area contributed by atoms with Crippen molar-refractivity contribution in [2.75, 3.05) is 24.3 Å². The maximum atomic E-state index is 3.43. The molecule has 1 N–H and O–H groups in total. The van der Waals surface area contributed by atoms with Crippen molar-refractivity contribution in [2.45, 2.75) is 17.4 Å². The van der Waals surface area contributed by atoms with Crippen LogP contribution < -0.4 is 5.32 Å². The van der Waals surface area contributed by atoms with Gasteiger partial charge in [0.05, 0.1) is 0 Å². The van der Waals surface area contributed by atoms with Crippen molar-refractivity contribution in [1.82, 2.24) is 5.32 Å². The van der Waals surface area contributed by atoms with Crippen LogP contribution in [0.4, 0.5) is 0 Å². The predicted octanol–water partition coefficient (Wildman–Crippen LogP) is 3.12. The summed E-state index contributed by atoms with van der Waals surface area (Å²) in [6.45, 7) is 0. The number of benzene rings is 1. The van der Waals surface area contributed by atoms with Gasteiger partial charge in [-0.1, -0.05) is 18.2 Å². The van der Waals surface area contributed by atoms with Crippen LogP contribution in [0.15, 0.2) is 35.2 Å². The molecule has 1 heterocycles. The summed E-state index contributed by atoms with van der Waals surface area (Å²) in [4.78, 5) is 1.40. The van der Waals surface area contributed by atoms with E-state index in [0.717, 1.165) is 12.0 Å². The van der Waals surface area contributed by atoms with Crippen LogP contribution in [0.5, 0.6) is 0 Å². The quantitative estimate of drug-likeness (QED) is 0.810. The van der Waals surface area contributed by atoms with Crippen LogP contribution in [0.2, 0.25) is 0 Å². The molecule has 0 radical (unpaired) electrons. The molecule has 1 aliphatic rings. The molecule has 88 valence electrons. The minimum atomic E-state index is 0.737. The van der Waals surface area contributed by atoms with Crippen LogP contribution in [0.25, 0.3) is 0 Å². The molecule has 1 fully saturated rings. The summed E-state index contributed by atoms with van der Waals surface area (Å²) in [5.41, 5.74) is 0. The SMILES string of the molecule is CNC1CSCC1CCSc1ccccc1. The first kappa shape index (κ1) is 12.3. The van der Waals surface area contributed by atoms with Crippen molar-refractivity contribution >= 4 is 23.5 Å². The number of hydrogen-bond acceptors (Lipinski definition) is 3. The summed E-state index contributed by atoms with van der Waals surface area (Å²) in [5, 5.41) is 3.43. The second kappa shape index (κ2) is 6.58. The fourth-order valence-corrected chi connectivity index (χ4v) is 4.58. The van der Waals surface area contributed by atoms with Crippen LogP contribution in [0.3, 0.4) is 0 Å². The molecule has 1 saturated heterocycles. The Morgan fingerprint density at radius 1 is 1.31 bits per heavy atom. The third-order valence-electron chi connectivity index (χ3n) is 3.07. The molecule has 1 nitrogen and oxygen atoms in total. The Hall–Kier alpha value is -0.120. The van der Waals surface area contributed by atoms with Crippen molar-refractivity contribution in [3.8, 4) is 0 Å². The van der Waals surface area contributed by atoms with Crippen molar-refractivity contribution in [3.63, 3.8) is 0 Å². The molecule has 0 aromatic heterocycles. The van der Waals surface area contributed by atoms with E-state index in [1.807, 2.05) is 11.8 Å². The molecule has 0 amide bonds. The highest BCUT2D eigenvalue weighted by atomic mass is 32.2. The largest absolute Gasteiger partial charge is 0.316 e. The van der Waals surface area contributed by atoms with Gasteiger partial charge in [-0.05, 0) is 43.0 Å². The number of thioether (sulfide) groups is 2. The normalized spacial score (nSPS) is 24.8. The first-order valence-corrected chi connectivity index (χ1v) is 7.97. The Morgan fingerprint density at radius 3 is 2.88 bits per heavy atom. The van der Waals surface area contributed by atoms with E-state index >= 15 is 0 Å². The van der Waals surface area contributed by atoms with Gasteiger partial charge in [-0.2, -0.15) is 11.8 Å². The van der Waals surface area contributed by atoms with Crippen LogP contribution in [0.1, 0.15) is 6.42 Å². The van der Waals surface area contributed by atoms with E-state index < -0.39 is 0 Å². The Kier molecular flexibility index (Phi) is 5.07. The van der Waals surface area contributed by atoms with Gasteiger partial charge in [0.1, 0.15) is 0 Å². The molecular formula is C13H19NS2. The molecule has 16 heavy (non-hydrogen) atoms. The minimum absolute atomic E-state index is 0.737. The Balaban J connectivity index is 1.72. The van der Waals surface area contributed by atoms with Crippen molar-refractivity contribution in [2.24, 2.45) is 5.92 Å². The van der Waals surface area contributed by atoms with E-state index in [4.69, 9.17) is 0 Å². The average molecular weight is 253 g/mol. The van der Waals surface area contributed by atoms with Gasteiger partial charge in [-0.25, -0.2) is 0 Å². The van der Waals surface area contributed by atoms with E-state index in [1.54, 1.807) is 0 Å². The van der Waals surface area contributed by atoms with Gasteiger partial charge in [0.25, 0.3) is 0 Å². The number of nitrogens with one attached hydrogen (secondary N) is 1. The zero-order valence-corrected chi connectivity index (χ0v) is 11.3. The lowest BCUT2D eigenvalue weighted by atomic mass is 10.0. The van der Waals surface area contributed by atoms with Gasteiger partial charge >= 0.3 is 0 Å². The molecule has 1 aliphatic heterocycles. The van der Waals surface area contributed by atoms with Gasteiger partial charge in [0.2, 0.25) is 0 Å². The summed E-state index contributed by atoms with van der Waals surface area (Å²) in [6, 6.07) is 11.4. The van der Waals surface area contributed by atoms with Gasteiger partial charge in [0.15, 0.2) is 0 Å². The molecule has 0 aliphatic carbocycles. The lowest BCUT2D eigenvalue weighted by Gasteiger charge is -2.17. The molecular weight excluding hydrogens is 234 g/mol. The highest BCUT2D eigenvalue weighted by Gasteiger charge is 2.25. The first-order chi connectivity index (χ1) is 7.90. The summed E-state index contributed by atoms with van der Waals surface area (Å²) in [5.74, 6) is 4.73. The van der Waals surface area contributed by atoms with Crippen molar-refractivity contribution in [3.05, 3.63) is 30.3 Å². The topological polar surface area (TPSA) is 12.0 Å². The Morgan fingerprint density at radius 2 is 2.12 bits per heavy atom. The number of hydrogen-bond donors (Lipinski definition) is 1. The van der Waals surface area contributed by atoms with Crippen LogP contribution in [0, 0.1) is 5.92 Å². The first-order valence-electron chi connectivity index (χ1n) is 5.83. The smallest absolute Gasteiger partial charge is 0.0191 e. The third kappa shape index (κ3) is 3.44. The molecule has 2 unspecified atom stereocenters. The number of rotatable bonds is 5. The Bertz CT molecular complexity index is 302. The standard InChI is InChI=1S/C13H19NS2/c1-14-13-10-15-9-11(13)7-8-16-12-5-3-2-4-6-12/h2-6,11,13-14H,7-10H2,1H3. The molecule has 1 aromatic carbocycles. The molecule has 1 aromatic rings. The van der Waals surface area contributed by atoms with E-state index in [1.165, 1.54) is 28.6 Å². The lowest BCUT2D eigenvalue weighted by Crippen LogP contribution is -2.32. The molecule has 2 atom stereocenters. The maximum Gasteiger partial charge on any atom is 0.0191 e. The van der Waals surface area contributed by atoms with E-state index in [-0.39, 0.29) is 0 Å². The second-order valence-corrected chi connectivity index (χ2v) is 6.39. The highest BCUT2D eigenvalue weighted by molar-refractivity contribution is 7.99. The lowest BCUT2D eigenvalue weighted by molar-refractivity contribution is 0.447. The monoisotopic (exact) mass is 253 g/mol. The second-order valence-electron chi connectivity index (χ2n) is 4.14. The predicted molar refractivity (Wildman–Crippen MR) is 75.4 cm³/mol. The minimum Gasteiger partial charge on any atom is -0.316 e. The van der Waals surface area contributed by atoms with Gasteiger partial charge in [0, 0.05) is 16.7 Å². The highest BCUT2D eigenvalue weighted by Crippen LogP contribution is 2.29. The van der Waals surface area contributed by atoms with Crippen LogP contribution in [-0.2, 0) is 0 Å². The molecule has 2 rings (SSSR count). The van der Waals surface area contributed by atoms with Gasteiger partial charge in [-0.15, -0.1) is 11.8 Å². The van der Waals surface area contributed by atoms with E-state index in [0.29, 0.717) is 0 Å². The van der Waals surface area contributed by atoms with Crippen LogP contribution >= 0.6 is 23.5 Å². The van der Waals surface area contributed by atoms with Gasteiger partial charge < -0.3 is 5.32 Å². The fourth-order valence-electron chi connectivity index (χ4n) is 2.05. The van der Waals surface area contributed by atoms with Crippen LogP contribution in [-0.4, -0.2) is 30.3 Å². The zero-order chi connectivity index (χ0) is 11.2. The van der Waals surface area contributed by atoms with E-state index in [9.17, 15) is 0 Å². The summed E-state index contributed by atoms with van der Waals surface area (Å²) < 4.78 is 0. The summed E-state index contributed by atoms with van der Waals surface area (Å²) in [7, 11) is 2.09. The van der Waals surface area contributed by atoms with E-state index in [2.05, 4.69) is 54.5 Å². The maximum absolute atomic E-state index is 3.43. The molecule has 0 saturated carbocycles. The average Bonchev–Trinajstić information content (AvgIpc) is 2.78. The van der Waals surface area contributed by atoms with Crippen molar-refractivity contribution in [1.29, 1.82) is 0 Å². The molecule has 0 spiro atoms. The Labute approximate surface area is 107 Å². The summed E-state index contributed by atoms with van der Waals surface area (Å²) in [6.07, 6.45) is 1.33. The zero-order valence-electron chi connectivity index (χ0n) is 9.69. The molecule has 3 heteroatoms. The van der Waals surface area contributed by atoms with Gasteiger partial charge in [-0.3, -0.25) is 0 Å². The summed E-state index contributed by atoms with van der Waals surface area (Å²) >= 11 is 4.07. The van der Waals surface area contributed by atoms with Crippen molar-refractivity contribution < 1.29 is 0 Å². The fraction of sp³-hybridized carbons (Fsp3) is 0.538. The molecule has 0 bridgehead atoms. The third-order valence-corrected chi connectivity index (χ3v) is 5.37.